The molecule has 2 aromatic heterocycles. The first kappa shape index (κ1) is 31.5. The Morgan fingerprint density at radius 1 is 0.938 bits per heavy atom. The molecule has 3 amide bonds. The zero-order valence-corrected chi connectivity index (χ0v) is 28.2. The third-order valence-corrected chi connectivity index (χ3v) is 9.71. The Morgan fingerprint density at radius 2 is 1.67 bits per heavy atom. The number of piperidine rings is 1. The molecule has 2 atom stereocenters. The van der Waals surface area contributed by atoms with Crippen LogP contribution in [-0.2, 0) is 11.8 Å². The van der Waals surface area contributed by atoms with Crippen molar-refractivity contribution in [1.29, 1.82) is 0 Å². The number of fused-ring (bicyclic) bond motifs is 3. The van der Waals surface area contributed by atoms with Gasteiger partial charge < -0.3 is 19.4 Å². The average molecular weight is 646 g/mol. The van der Waals surface area contributed by atoms with Crippen LogP contribution in [0.2, 0.25) is 0 Å². The van der Waals surface area contributed by atoms with Crippen LogP contribution in [0.3, 0.4) is 0 Å². The largest absolute Gasteiger partial charge is 0.493 e. The minimum atomic E-state index is -0.325. The molecule has 48 heavy (non-hydrogen) atoms. The summed E-state index contributed by atoms with van der Waals surface area (Å²) in [4.78, 5) is 29.0. The fourth-order valence-electron chi connectivity index (χ4n) is 7.33. The van der Waals surface area contributed by atoms with Crippen molar-refractivity contribution in [3.8, 4) is 11.4 Å². The van der Waals surface area contributed by atoms with Gasteiger partial charge in [-0.25, -0.2) is 9.48 Å². The van der Waals surface area contributed by atoms with E-state index in [-0.39, 0.29) is 29.4 Å². The highest BCUT2D eigenvalue weighted by atomic mass is 16.5. The van der Waals surface area contributed by atoms with E-state index < -0.39 is 0 Å². The summed E-state index contributed by atoms with van der Waals surface area (Å²) in [5, 5.41) is 11.8. The number of carbonyl (C=O) groups is 2. The fraction of sp³-hybridized carbons (Fsp3) is 0.359. The van der Waals surface area contributed by atoms with Crippen molar-refractivity contribution in [3.63, 3.8) is 0 Å². The predicted octanol–water partition coefficient (Wildman–Crippen LogP) is 8.50. The van der Waals surface area contributed by atoms with E-state index in [9.17, 15) is 9.59 Å². The van der Waals surface area contributed by atoms with Gasteiger partial charge in [-0.05, 0) is 86.9 Å². The molecule has 2 N–H and O–H groups in total. The first-order valence-electron chi connectivity index (χ1n) is 16.8. The minimum absolute atomic E-state index is 0.0326. The molecule has 9 nitrogen and oxygen atoms in total. The van der Waals surface area contributed by atoms with Gasteiger partial charge in [0.1, 0.15) is 5.82 Å². The molecule has 9 heteroatoms. The Balaban J connectivity index is 1.01. The summed E-state index contributed by atoms with van der Waals surface area (Å²) in [5.41, 5.74) is 5.26. The zero-order chi connectivity index (χ0) is 33.6. The maximum absolute atomic E-state index is 13.7. The number of benzene rings is 3. The van der Waals surface area contributed by atoms with Crippen molar-refractivity contribution in [2.24, 2.45) is 5.92 Å². The number of furan rings is 1. The van der Waals surface area contributed by atoms with Crippen LogP contribution in [0.15, 0.2) is 83.3 Å². The van der Waals surface area contributed by atoms with Crippen LogP contribution in [0.25, 0.3) is 16.7 Å². The molecule has 0 radical (unpaired) electrons. The Labute approximate surface area is 281 Å². The Hall–Kier alpha value is -5.05. The molecule has 2 aliphatic heterocycles. The third-order valence-electron chi connectivity index (χ3n) is 9.71. The Morgan fingerprint density at radius 3 is 2.38 bits per heavy atom. The number of para-hydroxylation sites is 1. The second-order valence-corrected chi connectivity index (χ2v) is 14.3. The summed E-state index contributed by atoms with van der Waals surface area (Å²) >= 11 is 0. The highest BCUT2D eigenvalue weighted by Crippen LogP contribution is 2.41. The standard InChI is InChI=1S/C39H43N5O4/c1-24-12-14-29(15-13-24)44-35(23-34(42-44)39(2,3)4)41-38(46)40-28-10-6-8-25(19-28)18-26-20-30-16-17-31(21-26)43(30)37(45)33-22-27-9-7-11-32(47-5)36(27)48-33/h6-15,19,22-23,26,30-31H,16-18,20-21H2,1-5H3,(H2,40,41,46). The van der Waals surface area contributed by atoms with Crippen LogP contribution < -0.4 is 15.4 Å². The lowest BCUT2D eigenvalue weighted by Crippen LogP contribution is -2.46. The number of urea groups is 1. The van der Waals surface area contributed by atoms with E-state index in [1.807, 2.05) is 73.7 Å². The molecule has 248 valence electrons. The van der Waals surface area contributed by atoms with E-state index in [4.69, 9.17) is 14.3 Å². The summed E-state index contributed by atoms with van der Waals surface area (Å²) in [5.74, 6) is 2.03. The van der Waals surface area contributed by atoms with E-state index >= 15 is 0 Å². The molecule has 5 aromatic rings. The van der Waals surface area contributed by atoms with Gasteiger partial charge in [0.2, 0.25) is 0 Å². The number of hydrogen-bond acceptors (Lipinski definition) is 5. The van der Waals surface area contributed by atoms with Crippen LogP contribution in [-0.4, -0.2) is 45.8 Å². The number of ether oxygens (including phenoxy) is 1. The Bertz CT molecular complexity index is 1950. The molecule has 2 fully saturated rings. The molecule has 0 aliphatic carbocycles. The lowest BCUT2D eigenvalue weighted by molar-refractivity contribution is 0.0495. The van der Waals surface area contributed by atoms with Gasteiger partial charge in [0, 0.05) is 34.6 Å². The monoisotopic (exact) mass is 645 g/mol. The van der Waals surface area contributed by atoms with Crippen LogP contribution in [0.4, 0.5) is 16.3 Å². The molecular weight excluding hydrogens is 602 g/mol. The number of rotatable bonds is 7. The molecule has 2 saturated heterocycles. The summed E-state index contributed by atoms with van der Waals surface area (Å²) in [7, 11) is 1.61. The second kappa shape index (κ2) is 12.5. The van der Waals surface area contributed by atoms with Crippen molar-refractivity contribution in [3.05, 3.63) is 101 Å². The summed E-state index contributed by atoms with van der Waals surface area (Å²) in [6.45, 7) is 8.37. The van der Waals surface area contributed by atoms with Gasteiger partial charge in [0.05, 0.1) is 18.5 Å². The van der Waals surface area contributed by atoms with Crippen molar-refractivity contribution in [2.75, 3.05) is 17.7 Å². The lowest BCUT2D eigenvalue weighted by Gasteiger charge is -2.38. The number of aryl methyl sites for hydroxylation is 1. The smallest absolute Gasteiger partial charge is 0.324 e. The molecule has 4 heterocycles. The molecule has 0 spiro atoms. The first-order chi connectivity index (χ1) is 23.1. The number of hydrogen-bond donors (Lipinski definition) is 2. The quantitative estimate of drug-likeness (QED) is 0.185. The Kier molecular flexibility index (Phi) is 8.23. The van der Waals surface area contributed by atoms with Gasteiger partial charge in [-0.3, -0.25) is 10.1 Å². The highest BCUT2D eigenvalue weighted by Gasteiger charge is 2.44. The topological polar surface area (TPSA) is 102 Å². The fourth-order valence-corrected chi connectivity index (χ4v) is 7.33. The predicted molar refractivity (Wildman–Crippen MR) is 188 cm³/mol. The van der Waals surface area contributed by atoms with E-state index in [0.717, 1.165) is 60.1 Å². The van der Waals surface area contributed by atoms with Gasteiger partial charge in [-0.2, -0.15) is 5.10 Å². The van der Waals surface area contributed by atoms with Gasteiger partial charge in [-0.15, -0.1) is 0 Å². The van der Waals surface area contributed by atoms with E-state index in [2.05, 4.69) is 48.4 Å². The van der Waals surface area contributed by atoms with Gasteiger partial charge in [0.25, 0.3) is 5.91 Å². The summed E-state index contributed by atoms with van der Waals surface area (Å²) in [6.07, 6.45) is 4.80. The molecule has 2 bridgehead atoms. The number of anilines is 2. The van der Waals surface area contributed by atoms with Crippen LogP contribution in [0, 0.1) is 12.8 Å². The van der Waals surface area contributed by atoms with E-state index in [1.54, 1.807) is 11.8 Å². The molecular formula is C39H43N5O4. The molecule has 7 rings (SSSR count). The average Bonchev–Trinajstić information content (AvgIpc) is 3.75. The summed E-state index contributed by atoms with van der Waals surface area (Å²) in [6, 6.07) is 25.7. The van der Waals surface area contributed by atoms with Crippen molar-refractivity contribution in [1.82, 2.24) is 14.7 Å². The summed E-state index contributed by atoms with van der Waals surface area (Å²) < 4.78 is 13.2. The van der Waals surface area contributed by atoms with Crippen LogP contribution in [0.5, 0.6) is 5.75 Å². The number of amides is 3. The van der Waals surface area contributed by atoms with Gasteiger partial charge in [-0.1, -0.05) is 62.7 Å². The van der Waals surface area contributed by atoms with Gasteiger partial charge in [0.15, 0.2) is 17.1 Å². The van der Waals surface area contributed by atoms with E-state index in [1.165, 1.54) is 5.56 Å². The SMILES string of the molecule is COc1cccc2cc(C(=O)N3C4CCC3CC(Cc3cccc(NC(=O)Nc5cc(C(C)(C)C)nn5-c5ccc(C)cc5)c3)C4)oc12. The normalized spacial score (nSPS) is 19.0. The van der Waals surface area contributed by atoms with Crippen molar-refractivity contribution >= 4 is 34.4 Å². The number of carbonyl (C=O) groups excluding carboxylic acids is 2. The number of aromatic nitrogens is 2. The second-order valence-electron chi connectivity index (χ2n) is 14.3. The first-order valence-corrected chi connectivity index (χ1v) is 16.8. The molecule has 2 aliphatic rings. The molecule has 0 saturated carbocycles. The van der Waals surface area contributed by atoms with Crippen molar-refractivity contribution in [2.45, 2.75) is 77.3 Å². The van der Waals surface area contributed by atoms with Crippen molar-refractivity contribution < 1.29 is 18.7 Å². The highest BCUT2D eigenvalue weighted by molar-refractivity contribution is 5.99. The van der Waals surface area contributed by atoms with E-state index in [0.29, 0.717) is 28.8 Å². The molecule has 3 aromatic carbocycles. The lowest BCUT2D eigenvalue weighted by atomic mass is 9.85. The maximum Gasteiger partial charge on any atom is 0.324 e. The van der Waals surface area contributed by atoms with Crippen LogP contribution in [0.1, 0.15) is 73.8 Å². The number of nitrogens with zero attached hydrogens (tertiary/aromatic N) is 3. The number of nitrogens with one attached hydrogen (secondary N) is 2. The van der Waals surface area contributed by atoms with Crippen LogP contribution >= 0.6 is 0 Å². The number of methoxy groups -OCH3 is 1. The van der Waals surface area contributed by atoms with Gasteiger partial charge >= 0.3 is 6.03 Å². The molecule has 2 unspecified atom stereocenters. The zero-order valence-electron chi connectivity index (χ0n) is 28.2. The third kappa shape index (κ3) is 6.29. The maximum atomic E-state index is 13.7. The minimum Gasteiger partial charge on any atom is -0.493 e.